The van der Waals surface area contributed by atoms with Crippen molar-refractivity contribution in [2.45, 2.75) is 0 Å². The third-order valence-corrected chi connectivity index (χ3v) is 2.14. The van der Waals surface area contributed by atoms with Crippen LogP contribution in [0, 0.1) is 0 Å². The zero-order valence-electron chi connectivity index (χ0n) is 7.59. The summed E-state index contributed by atoms with van der Waals surface area (Å²) in [5, 5.41) is 13.2. The third kappa shape index (κ3) is 1.99. The highest BCUT2D eigenvalue weighted by atomic mass is 35.5. The Labute approximate surface area is 90.7 Å². The Morgan fingerprint density at radius 2 is 2.27 bits per heavy atom. The summed E-state index contributed by atoms with van der Waals surface area (Å²) in [4.78, 5) is 10.6. The van der Waals surface area contributed by atoms with Crippen molar-refractivity contribution < 1.29 is 9.90 Å². The molecule has 4 nitrogen and oxygen atoms in total. The fraction of sp³-hybridized carbons (Fsp3) is 0. The standard InChI is InChI=1S/C10H7ClN2O2/c11-8-2-1-3-9(4-8)13-6-7(5-12-13)10(14)15/h1-6H,(H,14,15). The minimum absolute atomic E-state index is 0.148. The maximum Gasteiger partial charge on any atom is 0.338 e. The quantitative estimate of drug-likeness (QED) is 0.848. The summed E-state index contributed by atoms with van der Waals surface area (Å²) in [5.74, 6) is -0.997. The molecular weight excluding hydrogens is 216 g/mol. The fourth-order valence-corrected chi connectivity index (χ4v) is 1.38. The molecule has 15 heavy (non-hydrogen) atoms. The van der Waals surface area contributed by atoms with Gasteiger partial charge in [0.05, 0.1) is 17.4 Å². The van der Waals surface area contributed by atoms with E-state index in [1.54, 1.807) is 24.3 Å². The Morgan fingerprint density at radius 1 is 1.47 bits per heavy atom. The van der Waals surface area contributed by atoms with Gasteiger partial charge in [-0.15, -0.1) is 0 Å². The van der Waals surface area contributed by atoms with Crippen LogP contribution in [0.15, 0.2) is 36.7 Å². The van der Waals surface area contributed by atoms with Gasteiger partial charge in [0.2, 0.25) is 0 Å². The SMILES string of the molecule is O=C(O)c1cnn(-c2cccc(Cl)c2)c1. The van der Waals surface area contributed by atoms with E-state index in [0.717, 1.165) is 5.69 Å². The molecule has 0 atom stereocenters. The molecule has 2 rings (SSSR count). The lowest BCUT2D eigenvalue weighted by Gasteiger charge is -2.00. The predicted molar refractivity (Wildman–Crippen MR) is 55.5 cm³/mol. The fourth-order valence-electron chi connectivity index (χ4n) is 1.19. The van der Waals surface area contributed by atoms with Crippen molar-refractivity contribution in [3.63, 3.8) is 0 Å². The Balaban J connectivity index is 2.41. The first kappa shape index (κ1) is 9.73. The maximum atomic E-state index is 10.6. The topological polar surface area (TPSA) is 55.1 Å². The van der Waals surface area contributed by atoms with Crippen molar-refractivity contribution in [1.29, 1.82) is 0 Å². The van der Waals surface area contributed by atoms with Gasteiger partial charge in [0.1, 0.15) is 0 Å². The summed E-state index contributed by atoms with van der Waals surface area (Å²) in [5.41, 5.74) is 0.880. The van der Waals surface area contributed by atoms with Crippen molar-refractivity contribution >= 4 is 17.6 Å². The van der Waals surface area contributed by atoms with Gasteiger partial charge in [0.25, 0.3) is 0 Å². The normalized spacial score (nSPS) is 10.2. The lowest BCUT2D eigenvalue weighted by Crippen LogP contribution is -1.95. The molecule has 0 aliphatic carbocycles. The van der Waals surface area contributed by atoms with Gasteiger partial charge in [0, 0.05) is 11.2 Å². The molecule has 0 unspecified atom stereocenters. The highest BCUT2D eigenvalue weighted by molar-refractivity contribution is 6.30. The summed E-state index contributed by atoms with van der Waals surface area (Å²) >= 11 is 5.81. The van der Waals surface area contributed by atoms with Gasteiger partial charge in [-0.1, -0.05) is 17.7 Å². The van der Waals surface area contributed by atoms with Crippen LogP contribution in [0.4, 0.5) is 0 Å². The van der Waals surface area contributed by atoms with Crippen LogP contribution in [-0.2, 0) is 0 Å². The number of aromatic nitrogens is 2. The lowest BCUT2D eigenvalue weighted by molar-refractivity contribution is 0.0697. The number of aromatic carboxylic acids is 1. The minimum Gasteiger partial charge on any atom is -0.478 e. The number of carboxylic acid groups (broad SMARTS) is 1. The van der Waals surface area contributed by atoms with Crippen LogP contribution in [0.25, 0.3) is 5.69 Å². The van der Waals surface area contributed by atoms with Crippen molar-refractivity contribution in [1.82, 2.24) is 9.78 Å². The van der Waals surface area contributed by atoms with Gasteiger partial charge in [-0.25, -0.2) is 9.48 Å². The van der Waals surface area contributed by atoms with Gasteiger partial charge in [0.15, 0.2) is 0 Å². The van der Waals surface area contributed by atoms with Gasteiger partial charge in [-0.2, -0.15) is 5.10 Å². The predicted octanol–water partition coefficient (Wildman–Crippen LogP) is 2.22. The molecule has 0 bridgehead atoms. The molecule has 0 aliphatic rings. The molecule has 0 radical (unpaired) electrons. The third-order valence-electron chi connectivity index (χ3n) is 1.90. The molecule has 1 heterocycles. The summed E-state index contributed by atoms with van der Waals surface area (Å²) in [6.45, 7) is 0. The van der Waals surface area contributed by atoms with Gasteiger partial charge in [-0.05, 0) is 18.2 Å². The van der Waals surface area contributed by atoms with Crippen LogP contribution in [0.3, 0.4) is 0 Å². The van der Waals surface area contributed by atoms with E-state index in [0.29, 0.717) is 5.02 Å². The van der Waals surface area contributed by atoms with Crippen LogP contribution >= 0.6 is 11.6 Å². The second-order valence-corrected chi connectivity index (χ2v) is 3.40. The number of hydrogen-bond acceptors (Lipinski definition) is 2. The van der Waals surface area contributed by atoms with Gasteiger partial charge >= 0.3 is 5.97 Å². The molecule has 0 aliphatic heterocycles. The minimum atomic E-state index is -0.997. The number of halogens is 1. The molecule has 1 aromatic heterocycles. The van der Waals surface area contributed by atoms with E-state index < -0.39 is 5.97 Å². The molecule has 1 N–H and O–H groups in total. The van der Waals surface area contributed by atoms with E-state index in [4.69, 9.17) is 16.7 Å². The number of rotatable bonds is 2. The number of carboxylic acids is 1. The average molecular weight is 223 g/mol. The monoisotopic (exact) mass is 222 g/mol. The Kier molecular flexibility index (Phi) is 2.43. The Bertz CT molecular complexity index is 508. The van der Waals surface area contributed by atoms with E-state index in [2.05, 4.69) is 5.10 Å². The highest BCUT2D eigenvalue weighted by Crippen LogP contribution is 2.14. The second-order valence-electron chi connectivity index (χ2n) is 2.96. The number of nitrogens with zero attached hydrogens (tertiary/aromatic N) is 2. The largest absolute Gasteiger partial charge is 0.478 e. The van der Waals surface area contributed by atoms with E-state index in [1.807, 2.05) is 0 Å². The molecule has 0 fully saturated rings. The summed E-state index contributed by atoms with van der Waals surface area (Å²) in [7, 11) is 0. The number of hydrogen-bond donors (Lipinski definition) is 1. The summed E-state index contributed by atoms with van der Waals surface area (Å²) in [6, 6.07) is 7.02. The zero-order valence-corrected chi connectivity index (χ0v) is 8.35. The molecule has 0 spiro atoms. The second kappa shape index (κ2) is 3.74. The molecule has 0 saturated carbocycles. The molecule has 5 heteroatoms. The van der Waals surface area contributed by atoms with E-state index in [9.17, 15) is 4.79 Å². The van der Waals surface area contributed by atoms with Crippen LogP contribution in [0.2, 0.25) is 5.02 Å². The zero-order chi connectivity index (χ0) is 10.8. The summed E-state index contributed by atoms with van der Waals surface area (Å²) < 4.78 is 1.47. The first-order valence-electron chi connectivity index (χ1n) is 4.21. The first-order valence-corrected chi connectivity index (χ1v) is 4.58. The number of benzene rings is 1. The van der Waals surface area contributed by atoms with Crippen LogP contribution in [0.5, 0.6) is 0 Å². The molecule has 76 valence electrons. The molecular formula is C10H7ClN2O2. The van der Waals surface area contributed by atoms with Crippen LogP contribution < -0.4 is 0 Å². The molecule has 1 aromatic carbocycles. The van der Waals surface area contributed by atoms with Crippen LogP contribution in [-0.4, -0.2) is 20.9 Å². The van der Waals surface area contributed by atoms with Crippen molar-refractivity contribution in [2.75, 3.05) is 0 Å². The van der Waals surface area contributed by atoms with Gasteiger partial charge in [-0.3, -0.25) is 0 Å². The maximum absolute atomic E-state index is 10.6. The smallest absolute Gasteiger partial charge is 0.338 e. The lowest BCUT2D eigenvalue weighted by atomic mass is 10.3. The first-order chi connectivity index (χ1) is 7.16. The average Bonchev–Trinajstić information content (AvgIpc) is 2.66. The van der Waals surface area contributed by atoms with Gasteiger partial charge < -0.3 is 5.11 Å². The molecule has 0 saturated heterocycles. The van der Waals surface area contributed by atoms with E-state index in [-0.39, 0.29) is 5.56 Å². The van der Waals surface area contributed by atoms with E-state index in [1.165, 1.54) is 17.1 Å². The summed E-state index contributed by atoms with van der Waals surface area (Å²) in [6.07, 6.45) is 2.73. The van der Waals surface area contributed by atoms with Crippen molar-refractivity contribution in [3.05, 3.63) is 47.2 Å². The van der Waals surface area contributed by atoms with Crippen molar-refractivity contribution in [2.24, 2.45) is 0 Å². The van der Waals surface area contributed by atoms with Crippen LogP contribution in [0.1, 0.15) is 10.4 Å². The highest BCUT2D eigenvalue weighted by Gasteiger charge is 2.06. The number of carbonyl (C=O) groups is 1. The Hall–Kier alpha value is -1.81. The molecule has 2 aromatic rings. The van der Waals surface area contributed by atoms with Crippen molar-refractivity contribution in [3.8, 4) is 5.69 Å². The molecule has 0 amide bonds. The Morgan fingerprint density at radius 3 is 2.87 bits per heavy atom. The van der Waals surface area contributed by atoms with E-state index >= 15 is 0 Å².